The zero-order valence-corrected chi connectivity index (χ0v) is 12.1. The van der Waals surface area contributed by atoms with E-state index in [4.69, 9.17) is 0 Å². The summed E-state index contributed by atoms with van der Waals surface area (Å²) < 4.78 is 0. The zero-order chi connectivity index (χ0) is 11.0. The van der Waals surface area contributed by atoms with E-state index in [9.17, 15) is 0 Å². The van der Waals surface area contributed by atoms with Crippen molar-refractivity contribution in [3.05, 3.63) is 40.8 Å². The Bertz CT molecular complexity index is 465. The van der Waals surface area contributed by atoms with Crippen molar-refractivity contribution in [1.82, 2.24) is 4.90 Å². The summed E-state index contributed by atoms with van der Waals surface area (Å²) >= 11 is 1.74. The van der Waals surface area contributed by atoms with Crippen LogP contribution in [0.25, 0.3) is 5.70 Å². The molecule has 1 aromatic rings. The van der Waals surface area contributed by atoms with Gasteiger partial charge in [-0.25, -0.2) is 0 Å². The largest absolute Gasteiger partial charge is 1.00 e. The molecule has 2 aliphatic heterocycles. The van der Waals surface area contributed by atoms with Crippen LogP contribution in [0.3, 0.4) is 0 Å². The number of aryl methyl sites for hydroxylation is 1. The number of nitrogens with zero attached hydrogens (tertiary/aromatic N) is 2. The van der Waals surface area contributed by atoms with Crippen molar-refractivity contribution in [3.63, 3.8) is 0 Å². The minimum Gasteiger partial charge on any atom is -1.00 e. The van der Waals surface area contributed by atoms with Crippen LogP contribution in [-0.2, 0) is 6.42 Å². The first-order chi connectivity index (χ1) is 7.88. The van der Waals surface area contributed by atoms with Gasteiger partial charge in [-0.2, -0.15) is 0 Å². The van der Waals surface area contributed by atoms with Crippen molar-refractivity contribution in [2.75, 3.05) is 13.1 Å². The first kappa shape index (κ1) is 12.7. The molecule has 2 nitrogen and oxygen atoms in total. The first-order valence-electron chi connectivity index (χ1n) is 5.66. The number of halogens is 1. The minimum atomic E-state index is 0. The van der Waals surface area contributed by atoms with Gasteiger partial charge in [0.25, 0.3) is 0 Å². The standard InChI is InChI=1S/C13H14N2S.BrH/c1-2-10-3-5-11(6-4-10)12-9-16-13-14-7-8-15(12)13;/h3-6,9H,2,7-8H2,1H3;1H/p-1. The first-order valence-corrected chi connectivity index (χ1v) is 6.54. The van der Waals surface area contributed by atoms with Crippen LogP contribution in [0.2, 0.25) is 0 Å². The van der Waals surface area contributed by atoms with E-state index >= 15 is 0 Å². The molecule has 3 rings (SSSR count). The number of aliphatic imine (C=N–C) groups is 1. The van der Waals surface area contributed by atoms with E-state index in [1.165, 1.54) is 16.8 Å². The summed E-state index contributed by atoms with van der Waals surface area (Å²) in [5, 5.41) is 3.37. The fourth-order valence-corrected chi connectivity index (χ4v) is 3.02. The lowest BCUT2D eigenvalue weighted by Crippen LogP contribution is -3.00. The maximum absolute atomic E-state index is 4.46. The number of benzene rings is 1. The van der Waals surface area contributed by atoms with Crippen LogP contribution in [0.4, 0.5) is 0 Å². The Morgan fingerprint density at radius 1 is 1.29 bits per heavy atom. The van der Waals surface area contributed by atoms with Crippen LogP contribution in [0.5, 0.6) is 0 Å². The molecule has 2 aliphatic rings. The molecule has 2 heterocycles. The highest BCUT2D eigenvalue weighted by Crippen LogP contribution is 2.35. The fourth-order valence-electron chi connectivity index (χ4n) is 2.06. The molecule has 0 aliphatic carbocycles. The monoisotopic (exact) mass is 309 g/mol. The van der Waals surface area contributed by atoms with E-state index in [2.05, 4.69) is 46.5 Å². The Morgan fingerprint density at radius 2 is 2.06 bits per heavy atom. The number of rotatable bonds is 2. The summed E-state index contributed by atoms with van der Waals surface area (Å²) in [6.45, 7) is 4.15. The van der Waals surface area contributed by atoms with Crippen LogP contribution in [0.15, 0.2) is 34.7 Å². The Hall–Kier alpha value is -0.740. The molecule has 0 fully saturated rings. The fraction of sp³-hybridized carbons (Fsp3) is 0.308. The molecule has 0 atom stereocenters. The predicted octanol–water partition coefficient (Wildman–Crippen LogP) is -0.0302. The van der Waals surface area contributed by atoms with Crippen molar-refractivity contribution in [3.8, 4) is 0 Å². The second-order valence-corrected chi connectivity index (χ2v) is 4.82. The molecule has 0 radical (unpaired) electrons. The Labute approximate surface area is 117 Å². The molecule has 0 amide bonds. The quantitative estimate of drug-likeness (QED) is 0.762. The molecular weight excluding hydrogens is 296 g/mol. The molecule has 0 saturated heterocycles. The van der Waals surface area contributed by atoms with E-state index in [-0.39, 0.29) is 17.0 Å². The summed E-state index contributed by atoms with van der Waals surface area (Å²) in [5.41, 5.74) is 4.01. The summed E-state index contributed by atoms with van der Waals surface area (Å²) in [6, 6.07) is 8.86. The summed E-state index contributed by atoms with van der Waals surface area (Å²) in [5.74, 6) is 0. The molecule has 17 heavy (non-hydrogen) atoms. The molecule has 0 bridgehead atoms. The maximum atomic E-state index is 4.46. The lowest BCUT2D eigenvalue weighted by molar-refractivity contribution is -0.00000318. The molecule has 0 saturated carbocycles. The summed E-state index contributed by atoms with van der Waals surface area (Å²) in [4.78, 5) is 6.77. The molecule has 0 spiro atoms. The van der Waals surface area contributed by atoms with E-state index in [0.717, 1.165) is 24.7 Å². The van der Waals surface area contributed by atoms with E-state index in [0.29, 0.717) is 0 Å². The average molecular weight is 310 g/mol. The molecule has 0 aromatic heterocycles. The second-order valence-electron chi connectivity index (χ2n) is 3.99. The van der Waals surface area contributed by atoms with Crippen LogP contribution >= 0.6 is 11.8 Å². The SMILES string of the molecule is CCc1ccc(C2=CSC3=NCCN23)cc1.[Br-]. The summed E-state index contributed by atoms with van der Waals surface area (Å²) in [6.07, 6.45) is 1.10. The van der Waals surface area contributed by atoms with Gasteiger partial charge < -0.3 is 21.9 Å². The number of fused-ring (bicyclic) bond motifs is 1. The van der Waals surface area contributed by atoms with Gasteiger partial charge in [-0.1, -0.05) is 43.0 Å². The van der Waals surface area contributed by atoms with Crippen LogP contribution in [0.1, 0.15) is 18.1 Å². The highest BCUT2D eigenvalue weighted by Gasteiger charge is 2.26. The van der Waals surface area contributed by atoms with Gasteiger partial charge in [0.1, 0.15) is 0 Å². The zero-order valence-electron chi connectivity index (χ0n) is 9.69. The van der Waals surface area contributed by atoms with Crippen molar-refractivity contribution >= 4 is 22.6 Å². The number of thioether (sulfide) groups is 1. The van der Waals surface area contributed by atoms with Gasteiger partial charge in [-0.05, 0) is 17.5 Å². The maximum Gasteiger partial charge on any atom is 0.168 e. The molecule has 90 valence electrons. The average Bonchev–Trinajstić information content (AvgIpc) is 2.91. The van der Waals surface area contributed by atoms with Gasteiger partial charge in [0.15, 0.2) is 5.17 Å². The van der Waals surface area contributed by atoms with Crippen molar-refractivity contribution in [1.29, 1.82) is 0 Å². The Balaban J connectivity index is 0.00000108. The third kappa shape index (κ3) is 2.29. The minimum absolute atomic E-state index is 0. The van der Waals surface area contributed by atoms with Gasteiger partial charge in [0.05, 0.1) is 12.2 Å². The summed E-state index contributed by atoms with van der Waals surface area (Å²) in [7, 11) is 0. The number of hydrogen-bond donors (Lipinski definition) is 0. The molecule has 4 heteroatoms. The lowest BCUT2D eigenvalue weighted by atomic mass is 10.1. The van der Waals surface area contributed by atoms with E-state index in [1.54, 1.807) is 11.8 Å². The van der Waals surface area contributed by atoms with Crippen LogP contribution in [-0.4, -0.2) is 23.2 Å². The predicted molar refractivity (Wildman–Crippen MR) is 70.4 cm³/mol. The topological polar surface area (TPSA) is 15.6 Å². The Morgan fingerprint density at radius 3 is 2.76 bits per heavy atom. The van der Waals surface area contributed by atoms with Crippen molar-refractivity contribution in [2.24, 2.45) is 4.99 Å². The third-order valence-corrected chi connectivity index (χ3v) is 3.93. The highest BCUT2D eigenvalue weighted by molar-refractivity contribution is 8.16. The van der Waals surface area contributed by atoms with E-state index in [1.807, 2.05) is 0 Å². The van der Waals surface area contributed by atoms with Gasteiger partial charge in [0.2, 0.25) is 0 Å². The third-order valence-electron chi connectivity index (χ3n) is 3.03. The number of hydrogen-bond acceptors (Lipinski definition) is 3. The number of amidine groups is 1. The van der Waals surface area contributed by atoms with Crippen molar-refractivity contribution < 1.29 is 17.0 Å². The second kappa shape index (κ2) is 5.27. The van der Waals surface area contributed by atoms with E-state index < -0.39 is 0 Å². The molecule has 0 unspecified atom stereocenters. The smallest absolute Gasteiger partial charge is 0.168 e. The van der Waals surface area contributed by atoms with Crippen molar-refractivity contribution in [2.45, 2.75) is 13.3 Å². The highest BCUT2D eigenvalue weighted by atomic mass is 79.9. The van der Waals surface area contributed by atoms with Gasteiger partial charge in [-0.15, -0.1) is 0 Å². The van der Waals surface area contributed by atoms with Gasteiger partial charge >= 0.3 is 0 Å². The van der Waals surface area contributed by atoms with Crippen LogP contribution < -0.4 is 17.0 Å². The van der Waals surface area contributed by atoms with Gasteiger partial charge in [-0.3, -0.25) is 4.99 Å². The molecule has 0 N–H and O–H groups in total. The molecular formula is C13H14BrN2S-. The Kier molecular flexibility index (Phi) is 3.94. The molecule has 1 aromatic carbocycles. The van der Waals surface area contributed by atoms with Crippen LogP contribution in [0, 0.1) is 0 Å². The van der Waals surface area contributed by atoms with Gasteiger partial charge in [0, 0.05) is 12.0 Å². The lowest BCUT2D eigenvalue weighted by Gasteiger charge is -2.16. The normalized spacial score (nSPS) is 17.4.